The second-order valence-corrected chi connectivity index (χ2v) is 5.01. The quantitative estimate of drug-likeness (QED) is 0.793. The minimum atomic E-state index is 0.177. The Balaban J connectivity index is 2.23. The van der Waals surface area contributed by atoms with Crippen molar-refractivity contribution in [2.24, 2.45) is 0 Å². The molecule has 0 amide bonds. The van der Waals surface area contributed by atoms with E-state index in [0.717, 1.165) is 11.3 Å². The van der Waals surface area contributed by atoms with Crippen LogP contribution in [-0.4, -0.2) is 17.2 Å². The van der Waals surface area contributed by atoms with Crippen LogP contribution in [-0.2, 0) is 0 Å². The molecule has 23 heavy (non-hydrogen) atoms. The first-order valence-electron chi connectivity index (χ1n) is 6.97. The van der Waals surface area contributed by atoms with Crippen LogP contribution in [0.3, 0.4) is 0 Å². The fourth-order valence-corrected chi connectivity index (χ4v) is 2.33. The predicted molar refractivity (Wildman–Crippen MR) is 85.0 cm³/mol. The lowest BCUT2D eigenvalue weighted by Crippen LogP contribution is -1.97. The van der Waals surface area contributed by atoms with E-state index < -0.39 is 0 Å². The van der Waals surface area contributed by atoms with Gasteiger partial charge in [0.05, 0.1) is 12.8 Å². The number of aryl methyl sites for hydroxylation is 1. The van der Waals surface area contributed by atoms with Crippen LogP contribution < -0.4 is 4.74 Å². The first-order chi connectivity index (χ1) is 11.1. The summed E-state index contributed by atoms with van der Waals surface area (Å²) in [5.74, 6) is 1.75. The number of pyridine rings is 1. The average molecular weight is 306 g/mol. The van der Waals surface area contributed by atoms with Crippen LogP contribution in [0.15, 0.2) is 46.9 Å². The molecule has 114 valence electrons. The van der Waals surface area contributed by atoms with E-state index in [4.69, 9.17) is 9.15 Å². The second kappa shape index (κ2) is 5.85. The summed E-state index contributed by atoms with van der Waals surface area (Å²) < 4.78 is 10.9. The highest BCUT2D eigenvalue weighted by Gasteiger charge is 2.18. The smallest absolute Gasteiger partial charge is 0.232 e. The normalized spacial score (nSPS) is 10.3. The number of nitrogens with zero attached hydrogens (tertiary/aromatic N) is 2. The molecule has 0 bridgehead atoms. The van der Waals surface area contributed by atoms with Crippen molar-refractivity contribution >= 4 is 0 Å². The molecule has 0 aliphatic heterocycles. The molecule has 0 aliphatic rings. The zero-order valence-electron chi connectivity index (χ0n) is 12.7. The maximum Gasteiger partial charge on any atom is 0.232 e. The molecule has 3 rings (SSSR count). The molecule has 0 aliphatic carbocycles. The summed E-state index contributed by atoms with van der Waals surface area (Å²) in [7, 11) is 1.47. The number of benzene rings is 1. The Morgan fingerprint density at radius 2 is 1.91 bits per heavy atom. The Labute approximate surface area is 133 Å². The van der Waals surface area contributed by atoms with Crippen molar-refractivity contribution < 1.29 is 14.3 Å². The van der Waals surface area contributed by atoms with Gasteiger partial charge in [0.25, 0.3) is 0 Å². The van der Waals surface area contributed by atoms with E-state index in [2.05, 4.69) is 11.1 Å². The van der Waals surface area contributed by atoms with E-state index in [-0.39, 0.29) is 11.6 Å². The highest BCUT2D eigenvalue weighted by molar-refractivity contribution is 5.75. The Bertz CT molecular complexity index is 890. The van der Waals surface area contributed by atoms with E-state index in [1.54, 1.807) is 30.3 Å². The van der Waals surface area contributed by atoms with Gasteiger partial charge in [0.15, 0.2) is 0 Å². The van der Waals surface area contributed by atoms with E-state index in [0.29, 0.717) is 22.6 Å². The average Bonchev–Trinajstić information content (AvgIpc) is 3.00. The van der Waals surface area contributed by atoms with Crippen molar-refractivity contribution in [2.75, 3.05) is 7.11 Å². The highest BCUT2D eigenvalue weighted by Crippen LogP contribution is 2.34. The van der Waals surface area contributed by atoms with Gasteiger partial charge in [-0.2, -0.15) is 5.26 Å². The van der Waals surface area contributed by atoms with Gasteiger partial charge in [0.1, 0.15) is 28.9 Å². The molecular weight excluding hydrogens is 292 g/mol. The third-order valence-corrected chi connectivity index (χ3v) is 3.46. The van der Waals surface area contributed by atoms with Gasteiger partial charge >= 0.3 is 0 Å². The van der Waals surface area contributed by atoms with Crippen molar-refractivity contribution in [2.45, 2.75) is 6.92 Å². The van der Waals surface area contributed by atoms with Crippen LogP contribution >= 0.6 is 0 Å². The van der Waals surface area contributed by atoms with Crippen molar-refractivity contribution in [1.82, 2.24) is 4.98 Å². The molecule has 0 fully saturated rings. The zero-order valence-corrected chi connectivity index (χ0v) is 12.7. The first kappa shape index (κ1) is 14.7. The summed E-state index contributed by atoms with van der Waals surface area (Å²) in [6, 6.07) is 14.2. The number of hydrogen-bond acceptors (Lipinski definition) is 5. The Hall–Kier alpha value is -3.26. The van der Waals surface area contributed by atoms with Crippen LogP contribution in [0.25, 0.3) is 22.6 Å². The standard InChI is InChI=1S/C18H14N2O3/c1-11-3-8-17(23-11)14-9-16(12-4-6-13(21)7-5-12)20-18(22-2)15(14)10-19/h3-9,21H,1-2H3. The number of phenols is 1. The third-order valence-electron chi connectivity index (χ3n) is 3.46. The van der Waals surface area contributed by atoms with Crippen LogP contribution in [0, 0.1) is 18.3 Å². The number of methoxy groups -OCH3 is 1. The lowest BCUT2D eigenvalue weighted by Gasteiger charge is -2.10. The number of phenolic OH excluding ortho intramolecular Hbond substituents is 1. The summed E-state index contributed by atoms with van der Waals surface area (Å²) >= 11 is 0. The van der Waals surface area contributed by atoms with Gasteiger partial charge < -0.3 is 14.3 Å². The van der Waals surface area contributed by atoms with Crippen LogP contribution in [0.1, 0.15) is 11.3 Å². The number of aromatic hydroxyl groups is 1. The number of nitriles is 1. The summed E-state index contributed by atoms with van der Waals surface area (Å²) in [6.45, 7) is 1.84. The number of furan rings is 1. The molecule has 5 heteroatoms. The number of hydrogen-bond donors (Lipinski definition) is 1. The second-order valence-electron chi connectivity index (χ2n) is 5.01. The maximum atomic E-state index is 9.45. The van der Waals surface area contributed by atoms with Gasteiger partial charge in [-0.3, -0.25) is 0 Å². The third kappa shape index (κ3) is 2.74. The topological polar surface area (TPSA) is 79.3 Å². The van der Waals surface area contributed by atoms with E-state index >= 15 is 0 Å². The van der Waals surface area contributed by atoms with E-state index in [1.807, 2.05) is 19.1 Å². The minimum absolute atomic E-state index is 0.177. The lowest BCUT2D eigenvalue weighted by molar-refractivity contribution is 0.397. The van der Waals surface area contributed by atoms with E-state index in [1.165, 1.54) is 7.11 Å². The number of ether oxygens (including phenoxy) is 1. The van der Waals surface area contributed by atoms with Crippen molar-refractivity contribution in [3.63, 3.8) is 0 Å². The molecule has 1 N–H and O–H groups in total. The molecule has 2 heterocycles. The zero-order chi connectivity index (χ0) is 16.4. The lowest BCUT2D eigenvalue weighted by atomic mass is 10.0. The predicted octanol–water partition coefficient (Wildman–Crippen LogP) is 3.90. The van der Waals surface area contributed by atoms with Gasteiger partial charge in [-0.15, -0.1) is 0 Å². The van der Waals surface area contributed by atoms with Gasteiger partial charge in [-0.25, -0.2) is 4.98 Å². The molecule has 1 aromatic carbocycles. The number of aromatic nitrogens is 1. The molecule has 0 unspecified atom stereocenters. The Morgan fingerprint density at radius 1 is 1.17 bits per heavy atom. The molecule has 2 aromatic heterocycles. The number of rotatable bonds is 3. The van der Waals surface area contributed by atoms with Gasteiger partial charge in [0, 0.05) is 11.1 Å². The van der Waals surface area contributed by atoms with Gasteiger partial charge in [-0.05, 0) is 49.4 Å². The van der Waals surface area contributed by atoms with Gasteiger partial charge in [-0.1, -0.05) is 0 Å². The van der Waals surface area contributed by atoms with Crippen LogP contribution in [0.4, 0.5) is 0 Å². The van der Waals surface area contributed by atoms with E-state index in [9.17, 15) is 10.4 Å². The van der Waals surface area contributed by atoms with Crippen molar-refractivity contribution in [3.05, 3.63) is 53.8 Å². The molecule has 0 atom stereocenters. The first-order valence-corrected chi connectivity index (χ1v) is 6.97. The monoisotopic (exact) mass is 306 g/mol. The van der Waals surface area contributed by atoms with Crippen molar-refractivity contribution in [1.29, 1.82) is 5.26 Å². The molecule has 0 radical (unpaired) electrons. The maximum absolute atomic E-state index is 9.45. The molecule has 5 nitrogen and oxygen atoms in total. The van der Waals surface area contributed by atoms with Crippen LogP contribution in [0.2, 0.25) is 0 Å². The summed E-state index contributed by atoms with van der Waals surface area (Å²) in [5, 5.41) is 18.9. The molecule has 3 aromatic rings. The SMILES string of the molecule is COc1nc(-c2ccc(O)cc2)cc(-c2ccc(C)o2)c1C#N. The molecule has 0 spiro atoms. The molecular formula is C18H14N2O3. The highest BCUT2D eigenvalue weighted by atomic mass is 16.5. The largest absolute Gasteiger partial charge is 0.508 e. The summed E-state index contributed by atoms with van der Waals surface area (Å²) in [6.07, 6.45) is 0. The van der Waals surface area contributed by atoms with Gasteiger partial charge in [0.2, 0.25) is 5.88 Å². The Kier molecular flexibility index (Phi) is 3.73. The molecule has 0 saturated heterocycles. The fourth-order valence-electron chi connectivity index (χ4n) is 2.33. The van der Waals surface area contributed by atoms with Crippen LogP contribution in [0.5, 0.6) is 11.6 Å². The fraction of sp³-hybridized carbons (Fsp3) is 0.111. The molecule has 0 saturated carbocycles. The minimum Gasteiger partial charge on any atom is -0.508 e. The summed E-state index contributed by atoms with van der Waals surface area (Å²) in [5.41, 5.74) is 2.37. The Morgan fingerprint density at radius 3 is 2.48 bits per heavy atom. The van der Waals surface area contributed by atoms with Crippen molar-refractivity contribution in [3.8, 4) is 40.3 Å². The summed E-state index contributed by atoms with van der Waals surface area (Å²) in [4.78, 5) is 4.39.